The van der Waals surface area contributed by atoms with Crippen LogP contribution in [0.3, 0.4) is 0 Å². The number of benzene rings is 1. The lowest BCUT2D eigenvalue weighted by atomic mass is 10.1. The van der Waals surface area contributed by atoms with Crippen molar-refractivity contribution in [3.05, 3.63) is 33.9 Å². The number of morpholine rings is 1. The Bertz CT molecular complexity index is 475. The van der Waals surface area contributed by atoms with Crippen LogP contribution in [-0.4, -0.2) is 31.2 Å². The summed E-state index contributed by atoms with van der Waals surface area (Å²) >= 11 is 0. The highest BCUT2D eigenvalue weighted by Gasteiger charge is 2.21. The smallest absolute Gasteiger partial charge is 0.289 e. The fraction of sp³-hybridized carbons (Fsp3) is 0.364. The zero-order valence-corrected chi connectivity index (χ0v) is 9.13. The Balaban J connectivity index is 2.43. The van der Waals surface area contributed by atoms with Gasteiger partial charge in [-0.05, 0) is 6.07 Å². The Morgan fingerprint density at radius 1 is 1.41 bits per heavy atom. The van der Waals surface area contributed by atoms with E-state index in [-0.39, 0.29) is 11.3 Å². The number of rotatable bonds is 2. The largest absolute Gasteiger partial charge is 0.378 e. The van der Waals surface area contributed by atoms with Crippen molar-refractivity contribution in [3.8, 4) is 6.07 Å². The second-order valence-corrected chi connectivity index (χ2v) is 3.64. The minimum absolute atomic E-state index is 0.124. The summed E-state index contributed by atoms with van der Waals surface area (Å²) in [6, 6.07) is 6.60. The Morgan fingerprint density at radius 2 is 2.12 bits per heavy atom. The van der Waals surface area contributed by atoms with Crippen LogP contribution in [0.4, 0.5) is 11.4 Å². The van der Waals surface area contributed by atoms with Crippen LogP contribution in [0.1, 0.15) is 5.56 Å². The lowest BCUT2D eigenvalue weighted by Crippen LogP contribution is -2.36. The lowest BCUT2D eigenvalue weighted by Gasteiger charge is -2.29. The van der Waals surface area contributed by atoms with E-state index in [1.807, 2.05) is 11.0 Å². The highest BCUT2D eigenvalue weighted by Crippen LogP contribution is 2.28. The number of hydrogen-bond donors (Lipinski definition) is 0. The van der Waals surface area contributed by atoms with Crippen molar-refractivity contribution in [1.29, 1.82) is 5.26 Å². The molecule has 1 aromatic rings. The molecule has 1 saturated heterocycles. The summed E-state index contributed by atoms with van der Waals surface area (Å²) in [5.74, 6) is 0. The van der Waals surface area contributed by atoms with Gasteiger partial charge in [-0.3, -0.25) is 10.1 Å². The standard InChI is InChI=1S/C11H11N3O3/c12-8-9-10(13-4-6-17-7-5-13)2-1-3-11(9)14(15)16/h1-3H,4-7H2. The number of nitriles is 1. The second kappa shape index (κ2) is 4.80. The van der Waals surface area contributed by atoms with Crippen LogP contribution in [0.5, 0.6) is 0 Å². The van der Waals surface area contributed by atoms with E-state index in [9.17, 15) is 10.1 Å². The van der Waals surface area contributed by atoms with Crippen LogP contribution in [-0.2, 0) is 4.74 Å². The van der Waals surface area contributed by atoms with Crippen molar-refractivity contribution in [3.63, 3.8) is 0 Å². The molecule has 6 nitrogen and oxygen atoms in total. The third-order valence-corrected chi connectivity index (χ3v) is 2.68. The molecule has 1 aromatic carbocycles. The van der Waals surface area contributed by atoms with Gasteiger partial charge in [0.15, 0.2) is 5.56 Å². The Morgan fingerprint density at radius 3 is 2.71 bits per heavy atom. The number of ether oxygens (including phenoxy) is 1. The van der Waals surface area contributed by atoms with Crippen LogP contribution in [0.25, 0.3) is 0 Å². The van der Waals surface area contributed by atoms with Crippen LogP contribution >= 0.6 is 0 Å². The zero-order chi connectivity index (χ0) is 12.3. The average molecular weight is 233 g/mol. The molecular formula is C11H11N3O3. The molecule has 0 amide bonds. The molecule has 1 aliphatic heterocycles. The minimum Gasteiger partial charge on any atom is -0.378 e. The molecular weight excluding hydrogens is 222 g/mol. The van der Waals surface area contributed by atoms with Gasteiger partial charge in [0.05, 0.1) is 23.8 Å². The number of nitro benzene ring substituents is 1. The summed E-state index contributed by atoms with van der Waals surface area (Å²) in [6.07, 6.45) is 0. The van der Waals surface area contributed by atoms with Gasteiger partial charge in [0.2, 0.25) is 0 Å². The highest BCUT2D eigenvalue weighted by atomic mass is 16.6. The van der Waals surface area contributed by atoms with Gasteiger partial charge in [-0.1, -0.05) is 6.07 Å². The quantitative estimate of drug-likeness (QED) is 0.568. The predicted octanol–water partition coefficient (Wildman–Crippen LogP) is 1.30. The third kappa shape index (κ3) is 2.19. The summed E-state index contributed by atoms with van der Waals surface area (Å²) in [5, 5.41) is 19.9. The van der Waals surface area contributed by atoms with Crippen molar-refractivity contribution >= 4 is 11.4 Å². The van der Waals surface area contributed by atoms with Crippen LogP contribution < -0.4 is 4.90 Å². The zero-order valence-electron chi connectivity index (χ0n) is 9.13. The van der Waals surface area contributed by atoms with Gasteiger partial charge in [0.1, 0.15) is 6.07 Å². The number of anilines is 1. The van der Waals surface area contributed by atoms with E-state index in [0.29, 0.717) is 32.0 Å². The molecule has 0 N–H and O–H groups in total. The molecule has 1 fully saturated rings. The topological polar surface area (TPSA) is 79.4 Å². The van der Waals surface area contributed by atoms with Crippen LogP contribution in [0, 0.1) is 21.4 Å². The Labute approximate surface area is 98.2 Å². The fourth-order valence-electron chi connectivity index (χ4n) is 1.86. The van der Waals surface area contributed by atoms with Gasteiger partial charge in [-0.15, -0.1) is 0 Å². The molecule has 1 aliphatic rings. The van der Waals surface area contributed by atoms with Crippen molar-refractivity contribution in [1.82, 2.24) is 0 Å². The molecule has 0 saturated carbocycles. The van der Waals surface area contributed by atoms with E-state index in [0.717, 1.165) is 0 Å². The van der Waals surface area contributed by atoms with Crippen LogP contribution in [0.15, 0.2) is 18.2 Å². The van der Waals surface area contributed by atoms with Gasteiger partial charge in [0.25, 0.3) is 5.69 Å². The van der Waals surface area contributed by atoms with Crippen molar-refractivity contribution in [2.24, 2.45) is 0 Å². The summed E-state index contributed by atoms with van der Waals surface area (Å²) in [7, 11) is 0. The van der Waals surface area contributed by atoms with E-state index in [2.05, 4.69) is 0 Å². The molecule has 88 valence electrons. The average Bonchev–Trinajstić information content (AvgIpc) is 2.38. The number of nitro groups is 1. The minimum atomic E-state index is -0.525. The fourth-order valence-corrected chi connectivity index (χ4v) is 1.86. The normalized spacial score (nSPS) is 15.4. The summed E-state index contributed by atoms with van der Waals surface area (Å²) in [6.45, 7) is 2.45. The molecule has 17 heavy (non-hydrogen) atoms. The van der Waals surface area contributed by atoms with Crippen LogP contribution in [0.2, 0.25) is 0 Å². The molecule has 0 bridgehead atoms. The second-order valence-electron chi connectivity index (χ2n) is 3.64. The third-order valence-electron chi connectivity index (χ3n) is 2.68. The van der Waals surface area contributed by atoms with Crippen molar-refractivity contribution < 1.29 is 9.66 Å². The van der Waals surface area contributed by atoms with Gasteiger partial charge < -0.3 is 9.64 Å². The van der Waals surface area contributed by atoms with Gasteiger partial charge in [0, 0.05) is 19.2 Å². The predicted molar refractivity (Wildman–Crippen MR) is 60.8 cm³/mol. The molecule has 0 atom stereocenters. The monoisotopic (exact) mass is 233 g/mol. The number of hydrogen-bond acceptors (Lipinski definition) is 5. The van der Waals surface area contributed by atoms with E-state index in [1.165, 1.54) is 6.07 Å². The molecule has 0 aromatic heterocycles. The maximum absolute atomic E-state index is 10.8. The van der Waals surface area contributed by atoms with Crippen molar-refractivity contribution in [2.45, 2.75) is 0 Å². The SMILES string of the molecule is N#Cc1c(N2CCOCC2)cccc1[N+](=O)[O-]. The summed E-state index contributed by atoms with van der Waals surface area (Å²) in [4.78, 5) is 12.2. The van der Waals surface area contributed by atoms with E-state index in [1.54, 1.807) is 12.1 Å². The van der Waals surface area contributed by atoms with Gasteiger partial charge >= 0.3 is 0 Å². The molecule has 1 heterocycles. The van der Waals surface area contributed by atoms with E-state index in [4.69, 9.17) is 10.00 Å². The Kier molecular flexibility index (Phi) is 3.21. The van der Waals surface area contributed by atoms with E-state index < -0.39 is 4.92 Å². The maximum atomic E-state index is 10.8. The Hall–Kier alpha value is -2.13. The first-order valence-electron chi connectivity index (χ1n) is 5.24. The molecule has 2 rings (SSSR count). The van der Waals surface area contributed by atoms with Gasteiger partial charge in [-0.25, -0.2) is 0 Å². The van der Waals surface area contributed by atoms with Crippen molar-refractivity contribution in [2.75, 3.05) is 31.2 Å². The number of nitrogens with zero attached hydrogens (tertiary/aromatic N) is 3. The molecule has 0 radical (unpaired) electrons. The van der Waals surface area contributed by atoms with Gasteiger partial charge in [-0.2, -0.15) is 5.26 Å². The summed E-state index contributed by atoms with van der Waals surface area (Å²) < 4.78 is 5.21. The first-order valence-corrected chi connectivity index (χ1v) is 5.24. The molecule has 0 unspecified atom stereocenters. The molecule has 6 heteroatoms. The first-order chi connectivity index (χ1) is 8.24. The summed E-state index contributed by atoms with van der Waals surface area (Å²) in [5.41, 5.74) is 0.598. The maximum Gasteiger partial charge on any atom is 0.289 e. The lowest BCUT2D eigenvalue weighted by molar-refractivity contribution is -0.385. The highest BCUT2D eigenvalue weighted by molar-refractivity contribution is 5.67. The van der Waals surface area contributed by atoms with E-state index >= 15 is 0 Å². The molecule has 0 spiro atoms. The first kappa shape index (κ1) is 11.4. The molecule has 0 aliphatic carbocycles.